The van der Waals surface area contributed by atoms with Crippen LogP contribution >= 0.6 is 0 Å². The molecule has 3 heteroatoms. The van der Waals surface area contributed by atoms with Crippen LogP contribution < -0.4 is 0 Å². The molecule has 4 rings (SSSR count). The molecule has 3 N–H and O–H groups in total. The Hall–Kier alpha value is -0.380. The fourth-order valence-electron chi connectivity index (χ4n) is 10.3. The van der Waals surface area contributed by atoms with Crippen molar-refractivity contribution in [1.82, 2.24) is 0 Å². The van der Waals surface area contributed by atoms with Crippen LogP contribution in [0.2, 0.25) is 0 Å². The van der Waals surface area contributed by atoms with Gasteiger partial charge in [-0.25, -0.2) is 0 Å². The minimum Gasteiger partial charge on any atom is -0.393 e. The summed E-state index contributed by atoms with van der Waals surface area (Å²) in [4.78, 5) is 0. The Morgan fingerprint density at radius 1 is 0.848 bits per heavy atom. The van der Waals surface area contributed by atoms with E-state index in [0.717, 1.165) is 38.5 Å². The van der Waals surface area contributed by atoms with Crippen LogP contribution in [0.5, 0.6) is 0 Å². The fraction of sp³-hybridized carbons (Fsp3) is 0.933. The minimum atomic E-state index is -1.07. The Bertz CT molecular complexity index is 794. The normalized spacial score (nSPS) is 50.5. The van der Waals surface area contributed by atoms with Crippen molar-refractivity contribution < 1.29 is 15.3 Å². The zero-order valence-electron chi connectivity index (χ0n) is 22.8. The van der Waals surface area contributed by atoms with Gasteiger partial charge in [-0.05, 0) is 124 Å². The maximum absolute atomic E-state index is 12.2. The van der Waals surface area contributed by atoms with Gasteiger partial charge >= 0.3 is 0 Å². The fourth-order valence-corrected chi connectivity index (χ4v) is 10.3. The Balaban J connectivity index is 1.66. The van der Waals surface area contributed by atoms with E-state index in [2.05, 4.69) is 54.5 Å². The smallest absolute Gasteiger partial charge is 0.0964 e. The van der Waals surface area contributed by atoms with Crippen LogP contribution in [0.4, 0.5) is 0 Å². The van der Waals surface area contributed by atoms with E-state index in [1.54, 1.807) is 0 Å². The maximum Gasteiger partial charge on any atom is 0.0964 e. The van der Waals surface area contributed by atoms with Crippen molar-refractivity contribution in [3.05, 3.63) is 11.6 Å². The standard InChI is InChI=1S/C30H52O3/c1-20(2)10-9-15-29(8,32)30(33)19-18-28(7)23(30)12-11-22-26(5)16-14-24(31)25(3,4)21(26)13-17-27(22,28)6/h10,21-24,31-33H,9,11-19H2,1-8H3. The van der Waals surface area contributed by atoms with Gasteiger partial charge in [-0.3, -0.25) is 0 Å². The summed E-state index contributed by atoms with van der Waals surface area (Å²) in [6.45, 7) is 18.2. The van der Waals surface area contributed by atoms with E-state index < -0.39 is 11.2 Å². The van der Waals surface area contributed by atoms with Gasteiger partial charge in [-0.15, -0.1) is 0 Å². The molecule has 4 aliphatic carbocycles. The van der Waals surface area contributed by atoms with Crippen molar-refractivity contribution in [3.8, 4) is 0 Å². The van der Waals surface area contributed by atoms with E-state index in [9.17, 15) is 15.3 Å². The van der Waals surface area contributed by atoms with Crippen LogP contribution in [0, 0.1) is 39.4 Å². The lowest BCUT2D eigenvalue weighted by molar-refractivity contribution is -0.246. The van der Waals surface area contributed by atoms with Crippen LogP contribution in [-0.2, 0) is 0 Å². The SMILES string of the molecule is CC(C)=CCCC(C)(O)C1(O)CCC2(C)C1CCC1C3(C)CCC(O)C(C)(C)C3CCC12C. The Labute approximate surface area is 203 Å². The van der Waals surface area contributed by atoms with Crippen LogP contribution in [0.25, 0.3) is 0 Å². The van der Waals surface area contributed by atoms with Gasteiger partial charge in [0.2, 0.25) is 0 Å². The molecule has 0 amide bonds. The molecular weight excluding hydrogens is 408 g/mol. The van der Waals surface area contributed by atoms with Crippen LogP contribution in [0.3, 0.4) is 0 Å². The number of hydrogen-bond acceptors (Lipinski definition) is 3. The second kappa shape index (κ2) is 7.81. The summed E-state index contributed by atoms with van der Waals surface area (Å²) in [7, 11) is 0. The average molecular weight is 461 g/mol. The summed E-state index contributed by atoms with van der Waals surface area (Å²) in [6.07, 6.45) is 11.7. The molecule has 4 saturated carbocycles. The predicted molar refractivity (Wildman–Crippen MR) is 136 cm³/mol. The molecule has 0 aromatic heterocycles. The third-order valence-electron chi connectivity index (χ3n) is 12.6. The third-order valence-corrected chi connectivity index (χ3v) is 12.6. The Morgan fingerprint density at radius 2 is 1.45 bits per heavy atom. The molecule has 9 atom stereocenters. The molecule has 0 saturated heterocycles. The van der Waals surface area contributed by atoms with Crippen molar-refractivity contribution in [2.24, 2.45) is 39.4 Å². The molecule has 190 valence electrons. The maximum atomic E-state index is 12.2. The van der Waals surface area contributed by atoms with Crippen molar-refractivity contribution in [3.63, 3.8) is 0 Å². The minimum absolute atomic E-state index is 0.0307. The molecule has 0 aromatic rings. The van der Waals surface area contributed by atoms with Crippen LogP contribution in [-0.4, -0.2) is 32.6 Å². The summed E-state index contributed by atoms with van der Waals surface area (Å²) in [6, 6.07) is 0. The summed E-state index contributed by atoms with van der Waals surface area (Å²) >= 11 is 0. The molecule has 0 aromatic carbocycles. The van der Waals surface area contributed by atoms with Crippen LogP contribution in [0.1, 0.15) is 120 Å². The van der Waals surface area contributed by atoms with E-state index in [4.69, 9.17) is 0 Å². The molecule has 4 aliphatic rings. The highest BCUT2D eigenvalue weighted by Crippen LogP contribution is 2.76. The molecule has 0 radical (unpaired) electrons. The number of allylic oxidation sites excluding steroid dienone is 2. The quantitative estimate of drug-likeness (QED) is 0.412. The Morgan fingerprint density at radius 3 is 2.09 bits per heavy atom. The number of aliphatic hydroxyl groups excluding tert-OH is 1. The number of hydrogen-bond donors (Lipinski definition) is 3. The zero-order valence-corrected chi connectivity index (χ0v) is 22.8. The zero-order chi connectivity index (χ0) is 24.7. The molecule has 0 heterocycles. The second-order valence-corrected chi connectivity index (χ2v) is 14.5. The molecule has 0 aliphatic heterocycles. The summed E-state index contributed by atoms with van der Waals surface area (Å²) < 4.78 is 0. The first kappa shape index (κ1) is 25.7. The van der Waals surface area contributed by atoms with Gasteiger partial charge in [-0.2, -0.15) is 0 Å². The molecule has 0 spiro atoms. The van der Waals surface area contributed by atoms with Gasteiger partial charge in [0.05, 0.1) is 17.3 Å². The second-order valence-electron chi connectivity index (χ2n) is 14.5. The molecule has 3 nitrogen and oxygen atoms in total. The number of aliphatic hydroxyl groups is 3. The monoisotopic (exact) mass is 460 g/mol. The van der Waals surface area contributed by atoms with Gasteiger partial charge in [-0.1, -0.05) is 46.3 Å². The molecule has 4 fully saturated rings. The first-order valence-corrected chi connectivity index (χ1v) is 13.8. The van der Waals surface area contributed by atoms with Crippen molar-refractivity contribution in [1.29, 1.82) is 0 Å². The van der Waals surface area contributed by atoms with E-state index in [0.29, 0.717) is 24.7 Å². The highest BCUT2D eigenvalue weighted by atomic mass is 16.4. The summed E-state index contributed by atoms with van der Waals surface area (Å²) in [5.41, 5.74) is -0.381. The van der Waals surface area contributed by atoms with Crippen molar-refractivity contribution in [2.75, 3.05) is 0 Å². The molecular formula is C30H52O3. The average Bonchev–Trinajstić information content (AvgIpc) is 2.99. The van der Waals surface area contributed by atoms with E-state index in [-0.39, 0.29) is 33.7 Å². The van der Waals surface area contributed by atoms with E-state index in [1.807, 2.05) is 6.92 Å². The van der Waals surface area contributed by atoms with Gasteiger partial charge < -0.3 is 15.3 Å². The summed E-state index contributed by atoms with van der Waals surface area (Å²) in [5, 5.41) is 34.7. The lowest BCUT2D eigenvalue weighted by Crippen LogP contribution is -2.66. The van der Waals surface area contributed by atoms with E-state index >= 15 is 0 Å². The highest BCUT2D eigenvalue weighted by molar-refractivity contribution is 5.22. The Kier molecular flexibility index (Phi) is 6.08. The first-order chi connectivity index (χ1) is 15.1. The third kappa shape index (κ3) is 3.38. The summed E-state index contributed by atoms with van der Waals surface area (Å²) in [5.74, 6) is 1.32. The molecule has 9 unspecified atom stereocenters. The number of rotatable bonds is 4. The van der Waals surface area contributed by atoms with Gasteiger partial charge in [0, 0.05) is 0 Å². The van der Waals surface area contributed by atoms with Gasteiger partial charge in [0.25, 0.3) is 0 Å². The largest absolute Gasteiger partial charge is 0.393 e. The topological polar surface area (TPSA) is 60.7 Å². The number of fused-ring (bicyclic) bond motifs is 5. The van der Waals surface area contributed by atoms with Crippen molar-refractivity contribution >= 4 is 0 Å². The molecule has 0 bridgehead atoms. The lowest BCUT2D eigenvalue weighted by Gasteiger charge is -2.70. The highest BCUT2D eigenvalue weighted by Gasteiger charge is 2.72. The lowest BCUT2D eigenvalue weighted by atomic mass is 9.35. The van der Waals surface area contributed by atoms with Crippen molar-refractivity contribution in [2.45, 2.75) is 137 Å². The van der Waals surface area contributed by atoms with Crippen LogP contribution in [0.15, 0.2) is 11.6 Å². The first-order valence-electron chi connectivity index (χ1n) is 13.8. The van der Waals surface area contributed by atoms with Gasteiger partial charge in [0.15, 0.2) is 0 Å². The molecule has 33 heavy (non-hydrogen) atoms. The van der Waals surface area contributed by atoms with Gasteiger partial charge in [0.1, 0.15) is 0 Å². The van der Waals surface area contributed by atoms with E-state index in [1.165, 1.54) is 18.4 Å². The predicted octanol–water partition coefficient (Wildman–Crippen LogP) is 6.64.